The molecular formula is C18H22N2O5S. The highest BCUT2D eigenvalue weighted by molar-refractivity contribution is 7.17. The van der Waals surface area contributed by atoms with Gasteiger partial charge in [-0.05, 0) is 25.1 Å². The Kier molecular flexibility index (Phi) is 6.08. The highest BCUT2D eigenvalue weighted by Crippen LogP contribution is 2.35. The Morgan fingerprint density at radius 3 is 2.77 bits per heavy atom. The van der Waals surface area contributed by atoms with Crippen molar-refractivity contribution >= 4 is 17.3 Å². The molecule has 1 saturated heterocycles. The second-order valence-corrected chi connectivity index (χ2v) is 6.91. The van der Waals surface area contributed by atoms with E-state index in [-0.39, 0.29) is 4.88 Å². The van der Waals surface area contributed by atoms with E-state index >= 15 is 0 Å². The van der Waals surface area contributed by atoms with Crippen LogP contribution in [0.5, 0.6) is 11.5 Å². The highest BCUT2D eigenvalue weighted by Gasteiger charge is 2.17. The molecule has 0 unspecified atom stereocenters. The summed E-state index contributed by atoms with van der Waals surface area (Å²) in [5, 5.41) is 9.84. The second-order valence-electron chi connectivity index (χ2n) is 5.91. The Bertz CT molecular complexity index is 771. The Balaban J connectivity index is 1.69. The van der Waals surface area contributed by atoms with Crippen LogP contribution in [0.2, 0.25) is 0 Å². The van der Waals surface area contributed by atoms with E-state index in [1.54, 1.807) is 14.0 Å². The summed E-state index contributed by atoms with van der Waals surface area (Å²) in [7, 11) is 1.59. The van der Waals surface area contributed by atoms with Crippen LogP contribution in [0.15, 0.2) is 18.2 Å². The summed E-state index contributed by atoms with van der Waals surface area (Å²) in [4.78, 5) is 18.1. The number of benzene rings is 1. The molecule has 140 valence electrons. The second kappa shape index (κ2) is 8.48. The fraction of sp³-hybridized carbons (Fsp3) is 0.444. The molecular weight excluding hydrogens is 356 g/mol. The molecule has 1 N–H and O–H groups in total. The fourth-order valence-electron chi connectivity index (χ4n) is 2.75. The first-order chi connectivity index (χ1) is 12.6. The maximum absolute atomic E-state index is 11.2. The smallest absolute Gasteiger partial charge is 0.347 e. The van der Waals surface area contributed by atoms with Crippen LogP contribution in [-0.2, 0) is 4.74 Å². The van der Waals surface area contributed by atoms with E-state index in [9.17, 15) is 9.90 Å². The molecule has 26 heavy (non-hydrogen) atoms. The molecule has 0 amide bonds. The normalized spacial score (nSPS) is 15.0. The lowest BCUT2D eigenvalue weighted by atomic mass is 10.2. The Hall–Kier alpha value is -2.16. The lowest BCUT2D eigenvalue weighted by molar-refractivity contribution is 0.0321. The largest absolute Gasteiger partial charge is 0.493 e. The number of thiazole rings is 1. The molecule has 1 aromatic carbocycles. The number of aromatic carboxylic acids is 1. The SMILES string of the molecule is COc1cc(-c2nc(C)c(C(=O)O)s2)ccc1OCCN1CCOCC1. The van der Waals surface area contributed by atoms with E-state index in [0.717, 1.165) is 49.7 Å². The average molecular weight is 378 g/mol. The summed E-state index contributed by atoms with van der Waals surface area (Å²) in [5.74, 6) is 0.312. The molecule has 0 radical (unpaired) electrons. The molecule has 3 rings (SSSR count). The van der Waals surface area contributed by atoms with Crippen LogP contribution < -0.4 is 9.47 Å². The van der Waals surface area contributed by atoms with Gasteiger partial charge in [-0.3, -0.25) is 4.90 Å². The number of aromatic nitrogens is 1. The van der Waals surface area contributed by atoms with Gasteiger partial charge in [0.15, 0.2) is 11.5 Å². The molecule has 2 heterocycles. The summed E-state index contributed by atoms with van der Waals surface area (Å²) < 4.78 is 16.6. The fourth-order valence-corrected chi connectivity index (χ4v) is 3.65. The number of rotatable bonds is 7. The molecule has 7 nitrogen and oxygen atoms in total. The number of nitrogens with zero attached hydrogens (tertiary/aromatic N) is 2. The molecule has 0 spiro atoms. The van der Waals surface area contributed by atoms with E-state index in [0.29, 0.717) is 28.8 Å². The Morgan fingerprint density at radius 2 is 2.12 bits per heavy atom. The van der Waals surface area contributed by atoms with Crippen molar-refractivity contribution < 1.29 is 24.1 Å². The van der Waals surface area contributed by atoms with E-state index in [1.165, 1.54) is 0 Å². The van der Waals surface area contributed by atoms with Gasteiger partial charge in [-0.25, -0.2) is 9.78 Å². The molecule has 1 aliphatic heterocycles. The summed E-state index contributed by atoms with van der Waals surface area (Å²) in [6.45, 7) is 6.48. The minimum atomic E-state index is -0.957. The van der Waals surface area contributed by atoms with E-state index < -0.39 is 5.97 Å². The number of morpholine rings is 1. The predicted octanol–water partition coefficient (Wildman–Crippen LogP) is 2.54. The van der Waals surface area contributed by atoms with Crippen molar-refractivity contribution in [1.82, 2.24) is 9.88 Å². The van der Waals surface area contributed by atoms with Gasteiger partial charge in [-0.1, -0.05) is 0 Å². The van der Waals surface area contributed by atoms with Crippen molar-refractivity contribution in [2.75, 3.05) is 46.6 Å². The summed E-state index contributed by atoms with van der Waals surface area (Å²) in [6.07, 6.45) is 0. The van der Waals surface area contributed by atoms with E-state index in [1.807, 2.05) is 18.2 Å². The average Bonchev–Trinajstić information content (AvgIpc) is 3.05. The van der Waals surface area contributed by atoms with Crippen LogP contribution in [0.1, 0.15) is 15.4 Å². The van der Waals surface area contributed by atoms with Crippen molar-refractivity contribution in [3.8, 4) is 22.1 Å². The van der Waals surface area contributed by atoms with Crippen LogP contribution in [-0.4, -0.2) is 67.5 Å². The monoisotopic (exact) mass is 378 g/mol. The van der Waals surface area contributed by atoms with Crippen LogP contribution in [0.4, 0.5) is 0 Å². The zero-order chi connectivity index (χ0) is 18.5. The van der Waals surface area contributed by atoms with Crippen molar-refractivity contribution in [2.24, 2.45) is 0 Å². The first-order valence-corrected chi connectivity index (χ1v) is 9.22. The molecule has 1 aromatic heterocycles. The Labute approximate surface area is 156 Å². The quantitative estimate of drug-likeness (QED) is 0.793. The third-order valence-corrected chi connectivity index (χ3v) is 5.36. The van der Waals surface area contributed by atoms with E-state index in [4.69, 9.17) is 14.2 Å². The third-order valence-electron chi connectivity index (χ3n) is 4.17. The molecule has 0 atom stereocenters. The van der Waals surface area contributed by atoms with Gasteiger partial charge >= 0.3 is 5.97 Å². The van der Waals surface area contributed by atoms with Gasteiger partial charge in [0, 0.05) is 25.2 Å². The number of ether oxygens (including phenoxy) is 3. The maximum Gasteiger partial charge on any atom is 0.347 e. The number of aryl methyl sites for hydroxylation is 1. The van der Waals surface area contributed by atoms with Gasteiger partial charge in [0.2, 0.25) is 0 Å². The molecule has 0 bridgehead atoms. The molecule has 1 fully saturated rings. The van der Waals surface area contributed by atoms with Gasteiger partial charge in [-0.2, -0.15) is 0 Å². The number of carbonyl (C=O) groups is 1. The lowest BCUT2D eigenvalue weighted by Crippen LogP contribution is -2.38. The van der Waals surface area contributed by atoms with Gasteiger partial charge in [0.1, 0.15) is 16.5 Å². The molecule has 0 saturated carbocycles. The van der Waals surface area contributed by atoms with Gasteiger partial charge in [0.25, 0.3) is 0 Å². The Morgan fingerprint density at radius 1 is 1.35 bits per heavy atom. The van der Waals surface area contributed by atoms with Crippen molar-refractivity contribution in [1.29, 1.82) is 0 Å². The summed E-state index contributed by atoms with van der Waals surface area (Å²) in [6, 6.07) is 5.54. The zero-order valence-corrected chi connectivity index (χ0v) is 15.7. The first kappa shape index (κ1) is 18.6. The van der Waals surface area contributed by atoms with Crippen molar-refractivity contribution in [3.63, 3.8) is 0 Å². The van der Waals surface area contributed by atoms with Crippen LogP contribution in [0.25, 0.3) is 10.6 Å². The molecule has 1 aliphatic rings. The van der Waals surface area contributed by atoms with Crippen LogP contribution >= 0.6 is 11.3 Å². The number of carboxylic acids is 1. The lowest BCUT2D eigenvalue weighted by Gasteiger charge is -2.26. The van der Waals surface area contributed by atoms with Gasteiger partial charge in [-0.15, -0.1) is 11.3 Å². The number of carboxylic acid groups (broad SMARTS) is 1. The van der Waals surface area contributed by atoms with Gasteiger partial charge in [0.05, 0.1) is 26.0 Å². The number of methoxy groups -OCH3 is 1. The standard InChI is InChI=1S/C18H22N2O5S/c1-12-16(18(21)22)26-17(19-12)13-3-4-14(15(11-13)23-2)25-10-7-20-5-8-24-9-6-20/h3-4,11H,5-10H2,1-2H3,(H,21,22). The minimum absolute atomic E-state index is 0.254. The van der Waals surface area contributed by atoms with E-state index in [2.05, 4.69) is 9.88 Å². The third kappa shape index (κ3) is 4.32. The molecule has 0 aliphatic carbocycles. The summed E-state index contributed by atoms with van der Waals surface area (Å²) in [5.41, 5.74) is 1.32. The highest BCUT2D eigenvalue weighted by atomic mass is 32.1. The topological polar surface area (TPSA) is 81.1 Å². The van der Waals surface area contributed by atoms with Gasteiger partial charge < -0.3 is 19.3 Å². The van der Waals surface area contributed by atoms with Crippen molar-refractivity contribution in [3.05, 3.63) is 28.8 Å². The van der Waals surface area contributed by atoms with Crippen LogP contribution in [0, 0.1) is 6.92 Å². The minimum Gasteiger partial charge on any atom is -0.493 e. The number of hydrogen-bond acceptors (Lipinski definition) is 7. The summed E-state index contributed by atoms with van der Waals surface area (Å²) >= 11 is 1.16. The molecule has 8 heteroatoms. The molecule has 2 aromatic rings. The predicted molar refractivity (Wildman–Crippen MR) is 98.6 cm³/mol. The van der Waals surface area contributed by atoms with Crippen molar-refractivity contribution in [2.45, 2.75) is 6.92 Å². The maximum atomic E-state index is 11.2. The number of hydrogen-bond donors (Lipinski definition) is 1. The first-order valence-electron chi connectivity index (χ1n) is 8.40. The van der Waals surface area contributed by atoms with Crippen LogP contribution in [0.3, 0.4) is 0 Å². The zero-order valence-electron chi connectivity index (χ0n) is 14.9.